The van der Waals surface area contributed by atoms with Crippen LogP contribution < -0.4 is 0 Å². The molecule has 0 aromatic heterocycles. The quantitative estimate of drug-likeness (QED) is 0.548. The summed E-state index contributed by atoms with van der Waals surface area (Å²) in [5, 5.41) is 0. The molecule has 6 nitrogen and oxygen atoms in total. The standard InChI is InChI=1S/C8H11F3O6P/c1-3-16-18(14)7(17-5(2)12)6(13)15-4-8(9,10)11/h7H,3-4H2,1-2H3/q+1. The molecular formula is C8H11F3O6P+. The van der Waals surface area contributed by atoms with E-state index in [1.54, 1.807) is 0 Å². The normalized spacial score (nSPS) is 13.7. The van der Waals surface area contributed by atoms with Gasteiger partial charge in [-0.25, -0.2) is 4.79 Å². The number of hydrogen-bond donors (Lipinski definition) is 0. The molecule has 0 aromatic carbocycles. The predicted molar refractivity (Wildman–Crippen MR) is 51.8 cm³/mol. The summed E-state index contributed by atoms with van der Waals surface area (Å²) < 4.78 is 59.4. The van der Waals surface area contributed by atoms with Crippen molar-refractivity contribution in [3.63, 3.8) is 0 Å². The van der Waals surface area contributed by atoms with Gasteiger partial charge in [-0.1, -0.05) is 0 Å². The maximum atomic E-state index is 11.8. The summed E-state index contributed by atoms with van der Waals surface area (Å²) in [6, 6.07) is 0. The fraction of sp³-hybridized carbons (Fsp3) is 0.750. The molecule has 0 aliphatic carbocycles. The molecular weight excluding hydrogens is 280 g/mol. The summed E-state index contributed by atoms with van der Waals surface area (Å²) in [5.74, 6) is -4.57. The molecule has 0 amide bonds. The zero-order valence-electron chi connectivity index (χ0n) is 9.52. The van der Waals surface area contributed by atoms with Gasteiger partial charge < -0.3 is 9.47 Å². The lowest BCUT2D eigenvalue weighted by Gasteiger charge is -2.09. The average Bonchev–Trinajstić information content (AvgIpc) is 2.21. The molecule has 0 aliphatic heterocycles. The van der Waals surface area contributed by atoms with Crippen molar-refractivity contribution >= 4 is 20.0 Å². The van der Waals surface area contributed by atoms with Crippen molar-refractivity contribution in [3.8, 4) is 0 Å². The van der Waals surface area contributed by atoms with E-state index < -0.39 is 38.6 Å². The van der Waals surface area contributed by atoms with Crippen LogP contribution in [0.2, 0.25) is 0 Å². The molecule has 2 atom stereocenters. The molecule has 2 unspecified atom stereocenters. The lowest BCUT2D eigenvalue weighted by molar-refractivity contribution is -0.191. The Morgan fingerprint density at radius 1 is 1.33 bits per heavy atom. The fourth-order valence-electron chi connectivity index (χ4n) is 0.754. The van der Waals surface area contributed by atoms with Crippen molar-refractivity contribution in [2.24, 2.45) is 0 Å². The molecule has 0 aliphatic rings. The van der Waals surface area contributed by atoms with Gasteiger partial charge in [0.15, 0.2) is 6.61 Å². The average molecular weight is 291 g/mol. The molecule has 18 heavy (non-hydrogen) atoms. The molecule has 0 heterocycles. The smallest absolute Gasteiger partial charge is 0.450 e. The highest BCUT2D eigenvalue weighted by Crippen LogP contribution is 2.31. The van der Waals surface area contributed by atoms with Gasteiger partial charge in [0.2, 0.25) is 0 Å². The van der Waals surface area contributed by atoms with E-state index in [4.69, 9.17) is 0 Å². The van der Waals surface area contributed by atoms with Gasteiger partial charge in [-0.05, 0) is 11.5 Å². The number of ether oxygens (including phenoxy) is 2. The molecule has 10 heteroatoms. The molecule has 0 saturated carbocycles. The minimum absolute atomic E-state index is 0.0699. The molecule has 0 rings (SSSR count). The Morgan fingerprint density at radius 3 is 2.28 bits per heavy atom. The van der Waals surface area contributed by atoms with E-state index in [0.29, 0.717) is 0 Å². The summed E-state index contributed by atoms with van der Waals surface area (Å²) in [6.07, 6.45) is -4.73. The first-order chi connectivity index (χ1) is 8.17. The van der Waals surface area contributed by atoms with E-state index in [1.807, 2.05) is 0 Å². The highest BCUT2D eigenvalue weighted by molar-refractivity contribution is 7.41. The number of rotatable bonds is 6. The Kier molecular flexibility index (Phi) is 6.79. The Morgan fingerprint density at radius 2 is 1.89 bits per heavy atom. The Bertz CT molecular complexity index is 329. The first-order valence-corrected chi connectivity index (χ1v) is 5.92. The highest BCUT2D eigenvalue weighted by Gasteiger charge is 2.46. The summed E-state index contributed by atoms with van der Waals surface area (Å²) in [7, 11) is -2.80. The number of hydrogen-bond acceptors (Lipinski definition) is 6. The van der Waals surface area contributed by atoms with Gasteiger partial charge in [0.05, 0.1) is 6.61 Å². The van der Waals surface area contributed by atoms with Crippen LogP contribution in [0.25, 0.3) is 0 Å². The number of halogens is 3. The molecule has 0 saturated heterocycles. The van der Waals surface area contributed by atoms with Gasteiger partial charge in [0.1, 0.15) is 0 Å². The van der Waals surface area contributed by atoms with Gasteiger partial charge in [-0.3, -0.25) is 4.79 Å². The molecule has 0 fully saturated rings. The zero-order valence-corrected chi connectivity index (χ0v) is 10.4. The van der Waals surface area contributed by atoms with Crippen molar-refractivity contribution in [3.05, 3.63) is 0 Å². The number of esters is 2. The van der Waals surface area contributed by atoms with Crippen LogP contribution in [0.1, 0.15) is 13.8 Å². The van der Waals surface area contributed by atoms with Crippen LogP contribution in [0, 0.1) is 0 Å². The van der Waals surface area contributed by atoms with Crippen LogP contribution in [-0.4, -0.2) is 37.2 Å². The van der Waals surface area contributed by atoms with E-state index in [0.717, 1.165) is 6.92 Å². The third kappa shape index (κ3) is 7.18. The second-order valence-corrected chi connectivity index (χ2v) is 4.19. The molecule has 0 aromatic rings. The summed E-state index contributed by atoms with van der Waals surface area (Å²) in [5.41, 5.74) is 0. The van der Waals surface area contributed by atoms with E-state index in [-0.39, 0.29) is 6.61 Å². The first kappa shape index (κ1) is 16.8. The Hall–Kier alpha value is -1.21. The number of carbonyl (C=O) groups excluding carboxylic acids is 2. The SMILES string of the molecule is CCO[P+](=O)C(OC(C)=O)C(=O)OCC(F)(F)F. The van der Waals surface area contributed by atoms with Crippen molar-refractivity contribution < 1.29 is 41.3 Å². The van der Waals surface area contributed by atoms with E-state index in [1.165, 1.54) is 6.92 Å². The lowest BCUT2D eigenvalue weighted by atomic mass is 10.6. The van der Waals surface area contributed by atoms with Crippen molar-refractivity contribution in [2.75, 3.05) is 13.2 Å². The maximum Gasteiger partial charge on any atom is 0.566 e. The highest BCUT2D eigenvalue weighted by atomic mass is 31.1. The van der Waals surface area contributed by atoms with Crippen LogP contribution in [0.3, 0.4) is 0 Å². The molecule has 0 spiro atoms. The monoisotopic (exact) mass is 291 g/mol. The van der Waals surface area contributed by atoms with E-state index in [2.05, 4.69) is 14.0 Å². The van der Waals surface area contributed by atoms with E-state index in [9.17, 15) is 27.3 Å². The summed E-state index contributed by atoms with van der Waals surface area (Å²) in [6.45, 7) is 0.413. The molecule has 0 bridgehead atoms. The predicted octanol–water partition coefficient (Wildman–Crippen LogP) is 1.76. The molecule has 104 valence electrons. The summed E-state index contributed by atoms with van der Waals surface area (Å²) >= 11 is 0. The lowest BCUT2D eigenvalue weighted by Crippen LogP contribution is -2.29. The van der Waals surface area contributed by atoms with Crippen molar-refractivity contribution in [2.45, 2.75) is 25.9 Å². The number of carbonyl (C=O) groups is 2. The van der Waals surface area contributed by atoms with Gasteiger partial charge in [0.25, 0.3) is 0 Å². The van der Waals surface area contributed by atoms with Gasteiger partial charge in [0, 0.05) is 6.92 Å². The second-order valence-electron chi connectivity index (χ2n) is 2.89. The Labute approximate surface area is 101 Å². The Balaban J connectivity index is 4.59. The third-order valence-electron chi connectivity index (χ3n) is 1.31. The van der Waals surface area contributed by atoms with Crippen molar-refractivity contribution in [1.82, 2.24) is 0 Å². The zero-order chi connectivity index (χ0) is 14.3. The van der Waals surface area contributed by atoms with Crippen LogP contribution >= 0.6 is 8.03 Å². The van der Waals surface area contributed by atoms with Crippen molar-refractivity contribution in [1.29, 1.82) is 0 Å². The fourth-order valence-corrected chi connectivity index (χ4v) is 1.62. The second kappa shape index (κ2) is 7.27. The van der Waals surface area contributed by atoms with Gasteiger partial charge in [-0.2, -0.15) is 13.2 Å². The van der Waals surface area contributed by atoms with Crippen LogP contribution in [0.4, 0.5) is 13.2 Å². The topological polar surface area (TPSA) is 78.9 Å². The minimum Gasteiger partial charge on any atom is -0.450 e. The van der Waals surface area contributed by atoms with Gasteiger partial charge >= 0.3 is 32.0 Å². The summed E-state index contributed by atoms with van der Waals surface area (Å²) in [4.78, 5) is 21.8. The third-order valence-corrected chi connectivity index (χ3v) is 2.52. The largest absolute Gasteiger partial charge is 0.566 e. The minimum atomic E-state index is -4.73. The van der Waals surface area contributed by atoms with Crippen LogP contribution in [0.15, 0.2) is 0 Å². The van der Waals surface area contributed by atoms with Gasteiger partial charge in [-0.15, -0.1) is 4.52 Å². The number of alkyl halides is 3. The molecule has 0 N–H and O–H groups in total. The maximum absolute atomic E-state index is 11.8. The van der Waals surface area contributed by atoms with Crippen LogP contribution in [0.5, 0.6) is 0 Å². The molecule has 0 radical (unpaired) electrons. The van der Waals surface area contributed by atoms with E-state index >= 15 is 0 Å². The first-order valence-electron chi connectivity index (χ1n) is 4.67. The van der Waals surface area contributed by atoms with Crippen LogP contribution in [-0.2, 0) is 28.2 Å².